The molecule has 0 saturated carbocycles. The fraction of sp³-hybridized carbons (Fsp3) is 0.440. The normalized spacial score (nSPS) is 19.2. The molecule has 3 aromatic rings. The molecule has 7 nitrogen and oxygen atoms in total. The van der Waals surface area contributed by atoms with Gasteiger partial charge in [0.15, 0.2) is 5.65 Å². The van der Waals surface area contributed by atoms with Crippen molar-refractivity contribution in [1.82, 2.24) is 14.6 Å². The molecule has 0 N–H and O–H groups in total. The van der Waals surface area contributed by atoms with Gasteiger partial charge in [0, 0.05) is 30.4 Å². The second-order valence-electron chi connectivity index (χ2n) is 8.61. The van der Waals surface area contributed by atoms with Crippen molar-refractivity contribution in [3.63, 3.8) is 0 Å². The van der Waals surface area contributed by atoms with Crippen LogP contribution in [0.25, 0.3) is 16.8 Å². The number of aryl methyl sites for hydroxylation is 3. The molecule has 1 aromatic carbocycles. The minimum absolute atomic E-state index is 0.122. The molecule has 168 valence electrons. The third kappa shape index (κ3) is 3.23. The Morgan fingerprint density at radius 3 is 2.69 bits per heavy atom. The van der Waals surface area contributed by atoms with E-state index in [-0.39, 0.29) is 6.10 Å². The zero-order valence-corrected chi connectivity index (χ0v) is 19.4. The van der Waals surface area contributed by atoms with E-state index in [0.29, 0.717) is 0 Å². The van der Waals surface area contributed by atoms with Crippen LogP contribution in [0.2, 0.25) is 0 Å². The second kappa shape index (κ2) is 8.13. The minimum atomic E-state index is 0.122. The predicted molar refractivity (Wildman–Crippen MR) is 124 cm³/mol. The van der Waals surface area contributed by atoms with Crippen LogP contribution in [0.4, 0.5) is 5.82 Å². The fourth-order valence-electron chi connectivity index (χ4n) is 5.11. The summed E-state index contributed by atoms with van der Waals surface area (Å²) in [6, 6.07) is 6.18. The zero-order valence-electron chi connectivity index (χ0n) is 19.4. The molecule has 1 aliphatic heterocycles. The first-order chi connectivity index (χ1) is 15.5. The van der Waals surface area contributed by atoms with Gasteiger partial charge in [-0.2, -0.15) is 9.61 Å². The smallest absolute Gasteiger partial charge is 0.165 e. The maximum Gasteiger partial charge on any atom is 0.165 e. The van der Waals surface area contributed by atoms with E-state index in [1.54, 1.807) is 21.3 Å². The molecule has 7 heteroatoms. The summed E-state index contributed by atoms with van der Waals surface area (Å²) in [7, 11) is 5.16. The van der Waals surface area contributed by atoms with Crippen LogP contribution in [0, 0.1) is 13.8 Å². The lowest BCUT2D eigenvalue weighted by atomic mass is 10.0. The second-order valence-corrected chi connectivity index (χ2v) is 8.61. The van der Waals surface area contributed by atoms with E-state index in [1.165, 1.54) is 11.3 Å². The number of methoxy groups -OCH3 is 3. The molecule has 2 aromatic heterocycles. The van der Waals surface area contributed by atoms with Crippen molar-refractivity contribution in [2.24, 2.45) is 0 Å². The molecule has 0 spiro atoms. The van der Waals surface area contributed by atoms with Crippen molar-refractivity contribution in [3.8, 4) is 16.9 Å². The maximum absolute atomic E-state index is 5.71. The lowest BCUT2D eigenvalue weighted by Crippen LogP contribution is -2.25. The highest BCUT2D eigenvalue weighted by Crippen LogP contribution is 2.40. The number of aromatic nitrogens is 3. The topological polar surface area (TPSA) is 61.1 Å². The molecule has 1 saturated heterocycles. The molecule has 1 aliphatic carbocycles. The maximum atomic E-state index is 5.71. The molecule has 5 rings (SSSR count). The van der Waals surface area contributed by atoms with Gasteiger partial charge in [-0.25, -0.2) is 4.98 Å². The Bertz CT molecular complexity index is 1210. The van der Waals surface area contributed by atoms with Crippen molar-refractivity contribution < 1.29 is 14.2 Å². The van der Waals surface area contributed by atoms with Crippen LogP contribution >= 0.6 is 0 Å². The van der Waals surface area contributed by atoms with Crippen LogP contribution in [-0.4, -0.2) is 48.6 Å². The van der Waals surface area contributed by atoms with Crippen LogP contribution in [0.5, 0.6) is 5.75 Å². The Balaban J connectivity index is 1.75. The van der Waals surface area contributed by atoms with Gasteiger partial charge in [0.05, 0.1) is 38.3 Å². The largest absolute Gasteiger partial charge is 0.503 e. The van der Waals surface area contributed by atoms with Gasteiger partial charge < -0.3 is 19.1 Å². The summed E-state index contributed by atoms with van der Waals surface area (Å²) in [6.45, 7) is 4.95. The van der Waals surface area contributed by atoms with Crippen molar-refractivity contribution in [1.29, 1.82) is 0 Å². The Hall–Kier alpha value is -3.06. The lowest BCUT2D eigenvalue weighted by molar-refractivity contribution is 0.122. The van der Waals surface area contributed by atoms with Crippen LogP contribution < -0.4 is 9.64 Å². The Labute approximate surface area is 188 Å². The third-order valence-electron chi connectivity index (χ3n) is 6.65. The van der Waals surface area contributed by atoms with E-state index < -0.39 is 0 Å². The number of ether oxygens (including phenoxy) is 3. The van der Waals surface area contributed by atoms with E-state index in [2.05, 4.69) is 30.9 Å². The van der Waals surface area contributed by atoms with Crippen LogP contribution in [0.15, 0.2) is 30.2 Å². The van der Waals surface area contributed by atoms with Crippen molar-refractivity contribution in [2.75, 3.05) is 32.8 Å². The minimum Gasteiger partial charge on any atom is -0.503 e. The zero-order chi connectivity index (χ0) is 22.4. The van der Waals surface area contributed by atoms with Gasteiger partial charge in [0.2, 0.25) is 0 Å². The van der Waals surface area contributed by atoms with Crippen LogP contribution in [-0.2, 0) is 22.3 Å². The Morgan fingerprint density at radius 1 is 1.12 bits per heavy atom. The summed E-state index contributed by atoms with van der Waals surface area (Å²) in [5.41, 5.74) is 8.82. The average Bonchev–Trinajstić information content (AvgIpc) is 3.49. The van der Waals surface area contributed by atoms with E-state index in [1.807, 2.05) is 16.8 Å². The molecule has 1 atom stereocenters. The number of anilines is 1. The highest BCUT2D eigenvalue weighted by Gasteiger charge is 2.34. The molecule has 0 bridgehead atoms. The summed E-state index contributed by atoms with van der Waals surface area (Å²) >= 11 is 0. The number of hydrogen-bond acceptors (Lipinski definition) is 6. The summed E-state index contributed by atoms with van der Waals surface area (Å²) in [5.74, 6) is 1.96. The summed E-state index contributed by atoms with van der Waals surface area (Å²) in [4.78, 5) is 7.45. The molecule has 2 aliphatic rings. The third-order valence-corrected chi connectivity index (χ3v) is 6.65. The van der Waals surface area contributed by atoms with E-state index in [0.717, 1.165) is 77.5 Å². The molecule has 32 heavy (non-hydrogen) atoms. The average molecular weight is 435 g/mol. The van der Waals surface area contributed by atoms with Gasteiger partial charge in [0.25, 0.3) is 0 Å². The van der Waals surface area contributed by atoms with Gasteiger partial charge in [-0.15, -0.1) is 0 Å². The lowest BCUT2D eigenvalue weighted by Gasteiger charge is -2.23. The molecule has 1 fully saturated rings. The predicted octanol–water partition coefficient (Wildman–Crippen LogP) is 4.22. The molecule has 3 heterocycles. The number of rotatable bonds is 5. The molecule has 0 radical (unpaired) electrons. The van der Waals surface area contributed by atoms with Crippen molar-refractivity contribution in [3.05, 3.63) is 52.7 Å². The monoisotopic (exact) mass is 434 g/mol. The number of benzene rings is 1. The molecule has 0 amide bonds. The highest BCUT2D eigenvalue weighted by atomic mass is 16.5. The van der Waals surface area contributed by atoms with Gasteiger partial charge in [-0.05, 0) is 56.4 Å². The number of hydrogen-bond donors (Lipinski definition) is 0. The number of nitrogens with zero attached hydrogens (tertiary/aromatic N) is 4. The summed E-state index contributed by atoms with van der Waals surface area (Å²) < 4.78 is 18.6. The van der Waals surface area contributed by atoms with Crippen molar-refractivity contribution >= 4 is 11.5 Å². The first-order valence-corrected chi connectivity index (χ1v) is 11.1. The Kier molecular flexibility index (Phi) is 5.29. The summed E-state index contributed by atoms with van der Waals surface area (Å²) in [5, 5.41) is 5.01. The van der Waals surface area contributed by atoms with Gasteiger partial charge in [0.1, 0.15) is 17.8 Å². The van der Waals surface area contributed by atoms with E-state index in [4.69, 9.17) is 24.3 Å². The van der Waals surface area contributed by atoms with E-state index >= 15 is 0 Å². The summed E-state index contributed by atoms with van der Waals surface area (Å²) in [6.07, 6.45) is 5.89. The van der Waals surface area contributed by atoms with Gasteiger partial charge in [-0.3, -0.25) is 0 Å². The first kappa shape index (κ1) is 20.8. The molecule has 0 unspecified atom stereocenters. The van der Waals surface area contributed by atoms with Crippen molar-refractivity contribution in [2.45, 2.75) is 45.6 Å². The molecular formula is C25H30N4O3. The Morgan fingerprint density at radius 2 is 1.97 bits per heavy atom. The molecular weight excluding hydrogens is 404 g/mol. The van der Waals surface area contributed by atoms with Crippen LogP contribution in [0.1, 0.15) is 35.4 Å². The first-order valence-electron chi connectivity index (χ1n) is 11.1. The SMILES string of the molecule is CO/C=C1\C[C@@H](OC)CN1c1c2c(nc3c(-c4ccc(OC)cc4C)c(C)nn13)CCC2. The van der Waals surface area contributed by atoms with E-state index in [9.17, 15) is 0 Å². The number of fused-ring (bicyclic) bond motifs is 2. The quantitative estimate of drug-likeness (QED) is 0.560. The highest BCUT2D eigenvalue weighted by molar-refractivity contribution is 5.84. The van der Waals surface area contributed by atoms with Gasteiger partial charge in [-0.1, -0.05) is 6.07 Å². The standard InChI is InChI=1S/C25H30N4O3/c1-15-11-18(31-4)9-10-20(15)23-16(2)27-29-24(23)26-22-8-6-7-21(22)25(29)28-13-19(32-5)12-17(28)14-30-3/h9-11,14,19H,6-8,12-13H2,1-5H3/b17-14+/t19-/m1/s1. The fourth-order valence-corrected chi connectivity index (χ4v) is 5.11. The van der Waals surface area contributed by atoms with Gasteiger partial charge >= 0.3 is 0 Å². The van der Waals surface area contributed by atoms with Crippen LogP contribution in [0.3, 0.4) is 0 Å².